The average molecular weight is 329 g/mol. The zero-order chi connectivity index (χ0) is 12.8. The fourth-order valence-corrected chi connectivity index (χ4v) is 4.20. The number of hydrogen-bond acceptors (Lipinski definition) is 3. The van der Waals surface area contributed by atoms with Gasteiger partial charge in [0.15, 0.2) is 0 Å². The lowest BCUT2D eigenvalue weighted by atomic mass is 9.79. The van der Waals surface area contributed by atoms with Crippen LogP contribution < -0.4 is 0 Å². The summed E-state index contributed by atoms with van der Waals surface area (Å²) in [6, 6.07) is 8.22. The highest BCUT2D eigenvalue weighted by molar-refractivity contribution is 9.10. The lowest BCUT2D eigenvalue weighted by Crippen LogP contribution is -2.55. The van der Waals surface area contributed by atoms with Crippen LogP contribution in [0, 0.1) is 11.3 Å². The van der Waals surface area contributed by atoms with E-state index in [9.17, 15) is 0 Å². The van der Waals surface area contributed by atoms with E-state index in [2.05, 4.69) is 41.9 Å². The molecule has 2 bridgehead atoms. The smallest absolute Gasteiger partial charge is 0.245 e. The van der Waals surface area contributed by atoms with Gasteiger partial charge in [0, 0.05) is 21.2 Å². The minimum absolute atomic E-state index is 0.196. The Balaban J connectivity index is 1.86. The van der Waals surface area contributed by atoms with E-state index in [4.69, 9.17) is 9.47 Å². The molecule has 0 N–H and O–H groups in total. The Labute approximate surface area is 121 Å². The van der Waals surface area contributed by atoms with E-state index >= 15 is 0 Å². The van der Waals surface area contributed by atoms with Crippen molar-refractivity contribution < 1.29 is 9.47 Å². The molecule has 1 aromatic rings. The minimum atomic E-state index is -0.572. The zero-order valence-corrected chi connectivity index (χ0v) is 13.0. The summed E-state index contributed by atoms with van der Waals surface area (Å²) in [5.74, 6) is 1.70. The van der Waals surface area contributed by atoms with Crippen LogP contribution in [0.3, 0.4) is 0 Å². The molecule has 0 amide bonds. The van der Waals surface area contributed by atoms with Crippen molar-refractivity contribution in [1.82, 2.24) is 0 Å². The van der Waals surface area contributed by atoms with Gasteiger partial charge in [-0.2, -0.15) is 0 Å². The molecule has 0 unspecified atom stereocenters. The Morgan fingerprint density at radius 2 is 1.78 bits per heavy atom. The van der Waals surface area contributed by atoms with Crippen LogP contribution in [-0.4, -0.2) is 19.0 Å². The maximum absolute atomic E-state index is 6.08. The summed E-state index contributed by atoms with van der Waals surface area (Å²) < 4.78 is 13.2. The monoisotopic (exact) mass is 328 g/mol. The topological polar surface area (TPSA) is 18.5 Å². The second kappa shape index (κ2) is 4.51. The van der Waals surface area contributed by atoms with E-state index in [0.717, 1.165) is 29.0 Å². The molecule has 3 heterocycles. The Hall–Kier alpha value is -0.0300. The molecule has 0 radical (unpaired) electrons. The van der Waals surface area contributed by atoms with E-state index in [-0.39, 0.29) is 5.41 Å². The third-order valence-corrected chi connectivity index (χ3v) is 6.17. The maximum atomic E-state index is 6.08. The lowest BCUT2D eigenvalue weighted by molar-refractivity contribution is -0.273. The van der Waals surface area contributed by atoms with Crippen molar-refractivity contribution in [3.63, 3.8) is 0 Å². The van der Waals surface area contributed by atoms with Gasteiger partial charge >= 0.3 is 0 Å². The summed E-state index contributed by atoms with van der Waals surface area (Å²) in [4.78, 5) is 0. The van der Waals surface area contributed by atoms with E-state index in [1.165, 1.54) is 0 Å². The summed E-state index contributed by atoms with van der Waals surface area (Å²) in [6.07, 6.45) is 0. The van der Waals surface area contributed by atoms with E-state index in [1.54, 1.807) is 11.8 Å². The van der Waals surface area contributed by atoms with Crippen LogP contribution in [0.2, 0.25) is 0 Å². The molecule has 4 rings (SSSR count). The predicted molar refractivity (Wildman–Crippen MR) is 77.5 cm³/mol. The molecule has 0 aliphatic carbocycles. The van der Waals surface area contributed by atoms with Gasteiger partial charge in [0.05, 0.1) is 13.2 Å². The van der Waals surface area contributed by atoms with Gasteiger partial charge in [-0.25, -0.2) is 0 Å². The summed E-state index contributed by atoms with van der Waals surface area (Å²) in [5.41, 5.74) is 1.30. The van der Waals surface area contributed by atoms with Gasteiger partial charge in [-0.1, -0.05) is 53.7 Å². The Morgan fingerprint density at radius 3 is 2.22 bits per heavy atom. The Kier molecular flexibility index (Phi) is 3.25. The SMILES string of the molecule is CC(C)C12COC(c3ccc(Br)cc3)(OC1)SC2. The molecule has 3 aliphatic heterocycles. The second-order valence-electron chi connectivity index (χ2n) is 5.45. The average Bonchev–Trinajstić information content (AvgIpc) is 2.41. The first-order chi connectivity index (χ1) is 8.56. The Morgan fingerprint density at radius 1 is 1.17 bits per heavy atom. The van der Waals surface area contributed by atoms with Gasteiger partial charge < -0.3 is 9.47 Å². The first-order valence-electron chi connectivity index (χ1n) is 6.24. The Bertz CT molecular complexity index is 419. The number of ether oxygens (including phenoxy) is 2. The van der Waals surface area contributed by atoms with Crippen LogP contribution in [0.5, 0.6) is 0 Å². The maximum Gasteiger partial charge on any atom is 0.245 e. The van der Waals surface area contributed by atoms with E-state index in [0.29, 0.717) is 5.92 Å². The normalized spacial score (nSPS) is 35.1. The first-order valence-corrected chi connectivity index (χ1v) is 8.02. The summed E-state index contributed by atoms with van der Waals surface area (Å²) in [7, 11) is 0. The molecule has 3 aliphatic rings. The number of thioether (sulfide) groups is 1. The van der Waals surface area contributed by atoms with Crippen molar-refractivity contribution in [2.24, 2.45) is 11.3 Å². The van der Waals surface area contributed by atoms with Crippen LogP contribution in [-0.2, 0) is 14.6 Å². The third kappa shape index (κ3) is 1.94. The quantitative estimate of drug-likeness (QED) is 0.817. The second-order valence-corrected chi connectivity index (χ2v) is 7.48. The molecule has 4 heteroatoms. The van der Waals surface area contributed by atoms with Gasteiger partial charge in [-0.05, 0) is 18.1 Å². The highest BCUT2D eigenvalue weighted by atomic mass is 79.9. The van der Waals surface area contributed by atoms with Crippen LogP contribution in [0.1, 0.15) is 19.4 Å². The molecular weight excluding hydrogens is 312 g/mol. The van der Waals surface area contributed by atoms with Crippen molar-refractivity contribution in [3.05, 3.63) is 34.3 Å². The van der Waals surface area contributed by atoms with Crippen LogP contribution in [0.25, 0.3) is 0 Å². The van der Waals surface area contributed by atoms with Crippen molar-refractivity contribution in [3.8, 4) is 0 Å². The molecule has 0 saturated carbocycles. The molecule has 1 aromatic carbocycles. The molecule has 98 valence electrons. The fraction of sp³-hybridized carbons (Fsp3) is 0.571. The number of hydrogen-bond donors (Lipinski definition) is 0. The molecule has 0 atom stereocenters. The summed E-state index contributed by atoms with van der Waals surface area (Å²) in [6.45, 7) is 6.11. The zero-order valence-electron chi connectivity index (χ0n) is 10.6. The number of rotatable bonds is 2. The molecule has 3 fully saturated rings. The standard InChI is InChI=1S/C14H17BrO2S/c1-10(2)13-7-16-14(17-8-13,18-9-13)11-3-5-12(15)6-4-11/h3-6,10H,7-9H2,1-2H3. The van der Waals surface area contributed by atoms with Gasteiger partial charge in [0.25, 0.3) is 0 Å². The minimum Gasteiger partial charge on any atom is -0.337 e. The molecule has 3 saturated heterocycles. The van der Waals surface area contributed by atoms with Crippen LogP contribution in [0.4, 0.5) is 0 Å². The lowest BCUT2D eigenvalue weighted by Gasteiger charge is -2.53. The highest BCUT2D eigenvalue weighted by Crippen LogP contribution is 2.54. The first kappa shape index (κ1) is 13.0. The van der Waals surface area contributed by atoms with E-state index < -0.39 is 5.12 Å². The molecule has 2 nitrogen and oxygen atoms in total. The number of fused-ring (bicyclic) bond motifs is 3. The number of benzene rings is 1. The van der Waals surface area contributed by atoms with E-state index in [1.807, 2.05) is 12.1 Å². The highest BCUT2D eigenvalue weighted by Gasteiger charge is 2.54. The fourth-order valence-electron chi connectivity index (χ4n) is 2.37. The van der Waals surface area contributed by atoms with Crippen molar-refractivity contribution in [1.29, 1.82) is 0 Å². The third-order valence-electron chi connectivity index (χ3n) is 4.07. The van der Waals surface area contributed by atoms with Crippen molar-refractivity contribution in [2.75, 3.05) is 19.0 Å². The molecule has 0 spiro atoms. The molecule has 18 heavy (non-hydrogen) atoms. The molecule has 0 aromatic heterocycles. The van der Waals surface area contributed by atoms with Crippen LogP contribution >= 0.6 is 27.7 Å². The van der Waals surface area contributed by atoms with Gasteiger partial charge in [-0.15, -0.1) is 0 Å². The molecular formula is C14H17BrO2S. The van der Waals surface area contributed by atoms with Gasteiger partial charge in [-0.3, -0.25) is 0 Å². The summed E-state index contributed by atoms with van der Waals surface area (Å²) >= 11 is 5.24. The predicted octanol–water partition coefficient (Wildman–Crippen LogP) is 4.00. The van der Waals surface area contributed by atoms with Gasteiger partial charge in [0.2, 0.25) is 5.12 Å². The number of halogens is 1. The van der Waals surface area contributed by atoms with Crippen LogP contribution in [0.15, 0.2) is 28.7 Å². The summed E-state index contributed by atoms with van der Waals surface area (Å²) in [5, 5.41) is -0.572. The van der Waals surface area contributed by atoms with Crippen molar-refractivity contribution in [2.45, 2.75) is 19.0 Å². The van der Waals surface area contributed by atoms with Crippen molar-refractivity contribution >= 4 is 27.7 Å². The largest absolute Gasteiger partial charge is 0.337 e. The van der Waals surface area contributed by atoms with Gasteiger partial charge in [0.1, 0.15) is 0 Å².